The normalized spacial score (nSPS) is 14.7. The van der Waals surface area contributed by atoms with Crippen LogP contribution in [0.25, 0.3) is 0 Å². The molecule has 0 aliphatic carbocycles. The summed E-state index contributed by atoms with van der Waals surface area (Å²) < 4.78 is 15.8. The zero-order chi connectivity index (χ0) is 20.8. The maximum Gasteiger partial charge on any atom is 0.341 e. The number of piperazine rings is 1. The Balaban J connectivity index is 1.56. The van der Waals surface area contributed by atoms with Crippen LogP contribution >= 0.6 is 0 Å². The fourth-order valence-electron chi connectivity index (χ4n) is 3.43. The van der Waals surface area contributed by atoms with Gasteiger partial charge in [-0.05, 0) is 25.1 Å². The van der Waals surface area contributed by atoms with E-state index in [4.69, 9.17) is 13.9 Å². The van der Waals surface area contributed by atoms with E-state index in [0.29, 0.717) is 23.6 Å². The topological polar surface area (TPSA) is 79.5 Å². The summed E-state index contributed by atoms with van der Waals surface area (Å²) in [6.07, 6.45) is 0. The molecule has 1 aromatic heterocycles. The lowest BCUT2D eigenvalue weighted by atomic mass is 10.2. The van der Waals surface area contributed by atoms with E-state index in [1.54, 1.807) is 27.1 Å². The Morgan fingerprint density at radius 3 is 2.62 bits per heavy atom. The van der Waals surface area contributed by atoms with E-state index in [9.17, 15) is 4.79 Å². The van der Waals surface area contributed by atoms with Crippen molar-refractivity contribution in [1.29, 1.82) is 0 Å². The van der Waals surface area contributed by atoms with Crippen molar-refractivity contribution in [2.45, 2.75) is 13.5 Å². The number of carbonyl (C=O) groups is 1. The molecule has 1 aromatic carbocycles. The molecule has 1 N–H and O–H groups in total. The number of hydrogen-bond donors (Lipinski definition) is 1. The lowest BCUT2D eigenvalue weighted by Gasteiger charge is -2.37. The number of ether oxygens (including phenoxy) is 2. The van der Waals surface area contributed by atoms with E-state index in [-0.39, 0.29) is 0 Å². The van der Waals surface area contributed by atoms with Crippen LogP contribution in [-0.2, 0) is 11.3 Å². The second-order valence-electron chi connectivity index (χ2n) is 6.75. The van der Waals surface area contributed by atoms with Gasteiger partial charge >= 0.3 is 5.97 Å². The largest absolute Gasteiger partial charge is 0.497 e. The molecule has 1 aliphatic rings. The Labute approximate surface area is 171 Å². The maximum absolute atomic E-state index is 11.7. The van der Waals surface area contributed by atoms with Crippen molar-refractivity contribution in [2.24, 2.45) is 4.99 Å². The van der Waals surface area contributed by atoms with Gasteiger partial charge in [-0.15, -0.1) is 0 Å². The number of aliphatic imine (C=N–C) groups is 1. The van der Waals surface area contributed by atoms with E-state index >= 15 is 0 Å². The Morgan fingerprint density at radius 2 is 1.97 bits per heavy atom. The van der Waals surface area contributed by atoms with E-state index < -0.39 is 5.97 Å². The minimum atomic E-state index is -0.393. The highest BCUT2D eigenvalue weighted by Gasteiger charge is 2.21. The average molecular weight is 400 g/mol. The number of nitrogens with one attached hydrogen (secondary N) is 1. The van der Waals surface area contributed by atoms with Crippen LogP contribution in [0.3, 0.4) is 0 Å². The fraction of sp³-hybridized carbons (Fsp3) is 0.429. The Hall–Kier alpha value is -3.16. The van der Waals surface area contributed by atoms with Gasteiger partial charge in [-0.25, -0.2) is 4.79 Å². The molecule has 156 valence electrons. The van der Waals surface area contributed by atoms with Crippen LogP contribution in [0.4, 0.5) is 5.69 Å². The van der Waals surface area contributed by atoms with Crippen LogP contribution in [0.5, 0.6) is 5.75 Å². The number of anilines is 1. The third kappa shape index (κ3) is 4.82. The first-order valence-corrected chi connectivity index (χ1v) is 9.58. The van der Waals surface area contributed by atoms with Gasteiger partial charge in [0.15, 0.2) is 5.96 Å². The van der Waals surface area contributed by atoms with Gasteiger partial charge in [-0.1, -0.05) is 6.07 Å². The molecular formula is C21H28N4O4. The van der Waals surface area contributed by atoms with Crippen molar-refractivity contribution in [3.05, 3.63) is 47.4 Å². The predicted octanol–water partition coefficient (Wildman–Crippen LogP) is 2.28. The second kappa shape index (κ2) is 9.36. The molecule has 1 saturated heterocycles. The number of hydrogen-bond acceptors (Lipinski definition) is 6. The Kier molecular flexibility index (Phi) is 6.64. The summed E-state index contributed by atoms with van der Waals surface area (Å²) in [5.41, 5.74) is 1.61. The minimum Gasteiger partial charge on any atom is -0.497 e. The molecule has 3 rings (SSSR count). The molecule has 1 aliphatic heterocycles. The molecule has 0 unspecified atom stereocenters. The quantitative estimate of drug-likeness (QED) is 0.469. The number of guanidine groups is 1. The van der Waals surface area contributed by atoms with Crippen molar-refractivity contribution in [3.63, 3.8) is 0 Å². The summed E-state index contributed by atoms with van der Waals surface area (Å²) in [6, 6.07) is 9.83. The van der Waals surface area contributed by atoms with Crippen molar-refractivity contribution in [2.75, 3.05) is 52.3 Å². The van der Waals surface area contributed by atoms with Gasteiger partial charge in [0.05, 0.1) is 20.8 Å². The van der Waals surface area contributed by atoms with Crippen LogP contribution in [-0.4, -0.2) is 64.3 Å². The zero-order valence-corrected chi connectivity index (χ0v) is 17.4. The first-order chi connectivity index (χ1) is 14.0. The molecule has 29 heavy (non-hydrogen) atoms. The maximum atomic E-state index is 11.7. The summed E-state index contributed by atoms with van der Waals surface area (Å²) in [5, 5.41) is 3.32. The number of rotatable bonds is 5. The third-order valence-corrected chi connectivity index (χ3v) is 5.00. The summed E-state index contributed by atoms with van der Waals surface area (Å²) in [6.45, 7) is 5.67. The van der Waals surface area contributed by atoms with Crippen molar-refractivity contribution < 1.29 is 18.7 Å². The second-order valence-corrected chi connectivity index (χ2v) is 6.75. The number of aryl methyl sites for hydroxylation is 1. The van der Waals surface area contributed by atoms with Crippen LogP contribution in [0.15, 0.2) is 39.7 Å². The summed E-state index contributed by atoms with van der Waals surface area (Å²) in [4.78, 5) is 20.7. The number of methoxy groups -OCH3 is 2. The standard InChI is InChI=1S/C21H28N4O4/c1-15-19(20(26)28-4)13-18(29-15)14-23-21(22-2)25-10-8-24(9-11-25)16-6-5-7-17(12-16)27-3/h5-7,12-13H,8-11,14H2,1-4H3,(H,22,23). The number of furan rings is 1. The molecule has 0 amide bonds. The molecule has 0 bridgehead atoms. The molecule has 8 nitrogen and oxygen atoms in total. The molecular weight excluding hydrogens is 372 g/mol. The monoisotopic (exact) mass is 400 g/mol. The van der Waals surface area contributed by atoms with Crippen LogP contribution < -0.4 is 15.0 Å². The van der Waals surface area contributed by atoms with Gasteiger partial charge in [0, 0.05) is 45.0 Å². The zero-order valence-electron chi connectivity index (χ0n) is 17.4. The number of nitrogens with zero attached hydrogens (tertiary/aromatic N) is 3. The van der Waals surface area contributed by atoms with E-state index in [1.807, 2.05) is 12.1 Å². The van der Waals surface area contributed by atoms with Crippen molar-refractivity contribution in [1.82, 2.24) is 10.2 Å². The van der Waals surface area contributed by atoms with Crippen LogP contribution in [0.2, 0.25) is 0 Å². The van der Waals surface area contributed by atoms with Gasteiger partial charge in [-0.3, -0.25) is 4.99 Å². The highest BCUT2D eigenvalue weighted by molar-refractivity contribution is 5.90. The lowest BCUT2D eigenvalue weighted by Crippen LogP contribution is -2.52. The molecule has 1 fully saturated rings. The highest BCUT2D eigenvalue weighted by Crippen LogP contribution is 2.22. The van der Waals surface area contributed by atoms with Gasteiger partial charge in [0.25, 0.3) is 0 Å². The van der Waals surface area contributed by atoms with Gasteiger partial charge in [0.2, 0.25) is 0 Å². The van der Waals surface area contributed by atoms with Gasteiger partial charge in [-0.2, -0.15) is 0 Å². The molecule has 0 radical (unpaired) electrons. The summed E-state index contributed by atoms with van der Waals surface area (Å²) >= 11 is 0. The lowest BCUT2D eigenvalue weighted by molar-refractivity contribution is 0.0599. The Bertz CT molecular complexity index is 869. The van der Waals surface area contributed by atoms with Gasteiger partial charge < -0.3 is 29.0 Å². The smallest absolute Gasteiger partial charge is 0.341 e. The molecule has 2 aromatic rings. The molecule has 0 atom stereocenters. The molecule has 8 heteroatoms. The van der Waals surface area contributed by atoms with Crippen molar-refractivity contribution >= 4 is 17.6 Å². The van der Waals surface area contributed by atoms with E-state index in [2.05, 4.69) is 32.2 Å². The van der Waals surface area contributed by atoms with Crippen LogP contribution in [0.1, 0.15) is 21.9 Å². The molecule has 0 saturated carbocycles. The highest BCUT2D eigenvalue weighted by atomic mass is 16.5. The first-order valence-electron chi connectivity index (χ1n) is 9.58. The molecule has 2 heterocycles. The Morgan fingerprint density at radius 1 is 1.21 bits per heavy atom. The number of carbonyl (C=O) groups excluding carboxylic acids is 1. The predicted molar refractivity (Wildman–Crippen MR) is 112 cm³/mol. The molecule has 0 spiro atoms. The third-order valence-electron chi connectivity index (χ3n) is 5.00. The minimum absolute atomic E-state index is 0.393. The number of esters is 1. The number of benzene rings is 1. The summed E-state index contributed by atoms with van der Waals surface area (Å²) in [7, 11) is 4.81. The summed E-state index contributed by atoms with van der Waals surface area (Å²) in [5.74, 6) is 2.50. The fourth-order valence-corrected chi connectivity index (χ4v) is 3.43. The van der Waals surface area contributed by atoms with E-state index in [0.717, 1.165) is 43.6 Å². The first kappa shape index (κ1) is 20.6. The van der Waals surface area contributed by atoms with Gasteiger partial charge in [0.1, 0.15) is 22.8 Å². The van der Waals surface area contributed by atoms with Crippen LogP contribution in [0, 0.1) is 6.92 Å². The van der Waals surface area contributed by atoms with Crippen molar-refractivity contribution in [3.8, 4) is 5.75 Å². The average Bonchev–Trinajstić information content (AvgIpc) is 3.14. The van der Waals surface area contributed by atoms with E-state index in [1.165, 1.54) is 7.11 Å². The SMILES string of the molecule is CN=C(NCc1cc(C(=O)OC)c(C)o1)N1CCN(c2cccc(OC)c2)CC1.